The first-order valence-corrected chi connectivity index (χ1v) is 6.78. The molecule has 0 fully saturated rings. The lowest BCUT2D eigenvalue weighted by atomic mass is 9.89. The molecule has 0 spiro atoms. The van der Waals surface area contributed by atoms with Crippen LogP contribution in [-0.4, -0.2) is 36.1 Å². The van der Waals surface area contributed by atoms with Crippen LogP contribution in [0.2, 0.25) is 0 Å². The molecule has 1 rings (SSSR count). The molecule has 0 saturated heterocycles. The number of benzene rings is 1. The van der Waals surface area contributed by atoms with Crippen molar-refractivity contribution in [2.24, 2.45) is 5.41 Å². The molecule has 3 N–H and O–H groups in total. The van der Waals surface area contributed by atoms with Crippen molar-refractivity contribution < 1.29 is 23.5 Å². The topological polar surface area (TPSA) is 78.4 Å². The first-order valence-electron chi connectivity index (χ1n) is 6.78. The second-order valence-electron chi connectivity index (χ2n) is 6.03. The molecule has 1 atom stereocenters. The van der Waals surface area contributed by atoms with Crippen LogP contribution in [0.15, 0.2) is 18.2 Å². The highest BCUT2D eigenvalue weighted by molar-refractivity contribution is 5.96. The van der Waals surface area contributed by atoms with E-state index in [1.807, 2.05) is 20.8 Å². The lowest BCUT2D eigenvalue weighted by molar-refractivity contribution is -0.120. The number of amides is 2. The summed E-state index contributed by atoms with van der Waals surface area (Å²) in [6, 6.07) is 2.40. The van der Waals surface area contributed by atoms with E-state index in [9.17, 15) is 23.5 Å². The maximum Gasteiger partial charge on any atom is 0.251 e. The molecule has 2 amide bonds. The van der Waals surface area contributed by atoms with Gasteiger partial charge in [-0.15, -0.1) is 0 Å². The lowest BCUT2D eigenvalue weighted by Crippen LogP contribution is -2.43. The molecule has 5 nitrogen and oxygen atoms in total. The van der Waals surface area contributed by atoms with Gasteiger partial charge in [0.1, 0.15) is 11.6 Å². The Balaban J connectivity index is 2.45. The van der Waals surface area contributed by atoms with Gasteiger partial charge >= 0.3 is 0 Å². The third-order valence-corrected chi connectivity index (χ3v) is 3.03. The summed E-state index contributed by atoms with van der Waals surface area (Å²) in [4.78, 5) is 23.2. The first-order chi connectivity index (χ1) is 10.1. The molecule has 122 valence electrons. The van der Waals surface area contributed by atoms with E-state index in [0.29, 0.717) is 6.07 Å². The van der Waals surface area contributed by atoms with Crippen LogP contribution in [0.5, 0.6) is 0 Å². The molecule has 1 aromatic carbocycles. The van der Waals surface area contributed by atoms with E-state index in [0.717, 1.165) is 12.1 Å². The Morgan fingerprint density at radius 3 is 2.18 bits per heavy atom. The monoisotopic (exact) mass is 314 g/mol. The van der Waals surface area contributed by atoms with Gasteiger partial charge in [0.05, 0.1) is 12.6 Å². The first kappa shape index (κ1) is 18.0. The zero-order chi connectivity index (χ0) is 16.9. The summed E-state index contributed by atoms with van der Waals surface area (Å²) in [6.07, 6.45) is -0.732. The van der Waals surface area contributed by atoms with Crippen molar-refractivity contribution in [2.75, 3.05) is 13.1 Å². The van der Waals surface area contributed by atoms with Gasteiger partial charge in [-0.3, -0.25) is 9.59 Å². The number of rotatable bonds is 5. The van der Waals surface area contributed by atoms with E-state index in [1.54, 1.807) is 0 Å². The number of halogens is 2. The number of aliphatic hydroxyl groups is 1. The van der Waals surface area contributed by atoms with Crippen molar-refractivity contribution in [1.82, 2.24) is 10.6 Å². The molecule has 0 radical (unpaired) electrons. The van der Waals surface area contributed by atoms with Gasteiger partial charge in [0.25, 0.3) is 5.91 Å². The second-order valence-corrected chi connectivity index (χ2v) is 6.03. The second kappa shape index (κ2) is 7.31. The predicted molar refractivity (Wildman–Crippen MR) is 77.2 cm³/mol. The van der Waals surface area contributed by atoms with E-state index in [1.165, 1.54) is 0 Å². The number of carbonyl (C=O) groups excluding carboxylic acids is 2. The summed E-state index contributed by atoms with van der Waals surface area (Å²) in [7, 11) is 0. The summed E-state index contributed by atoms with van der Waals surface area (Å²) >= 11 is 0. The summed E-state index contributed by atoms with van der Waals surface area (Å²) in [5.41, 5.74) is -0.588. The molecule has 7 heteroatoms. The fourth-order valence-corrected chi connectivity index (χ4v) is 1.53. The van der Waals surface area contributed by atoms with Crippen LogP contribution in [0, 0.1) is 17.0 Å². The largest absolute Gasteiger partial charge is 0.391 e. The maximum absolute atomic E-state index is 13.0. The number of carbonyl (C=O) groups is 2. The van der Waals surface area contributed by atoms with Gasteiger partial charge in [0.15, 0.2) is 0 Å². The maximum atomic E-state index is 13.0. The number of nitrogens with one attached hydrogen (secondary N) is 2. The van der Waals surface area contributed by atoms with E-state index in [2.05, 4.69) is 10.6 Å². The van der Waals surface area contributed by atoms with Crippen molar-refractivity contribution in [3.05, 3.63) is 35.4 Å². The zero-order valence-electron chi connectivity index (χ0n) is 12.7. The van der Waals surface area contributed by atoms with Crippen molar-refractivity contribution in [2.45, 2.75) is 26.9 Å². The summed E-state index contributed by atoms with van der Waals surface area (Å²) in [5, 5.41) is 14.5. The third-order valence-electron chi connectivity index (χ3n) is 3.03. The summed E-state index contributed by atoms with van der Waals surface area (Å²) in [6.45, 7) is 5.17. The Morgan fingerprint density at radius 2 is 1.68 bits per heavy atom. The molecule has 0 aliphatic rings. The van der Waals surface area contributed by atoms with Crippen LogP contribution in [0.25, 0.3) is 0 Å². The number of aliphatic hydroxyl groups excluding tert-OH is 1. The van der Waals surface area contributed by atoms with Gasteiger partial charge < -0.3 is 15.7 Å². The fourth-order valence-electron chi connectivity index (χ4n) is 1.53. The molecule has 0 aliphatic carbocycles. The normalized spacial score (nSPS) is 12.6. The smallest absolute Gasteiger partial charge is 0.251 e. The molecular weight excluding hydrogens is 294 g/mol. The van der Waals surface area contributed by atoms with Crippen molar-refractivity contribution >= 4 is 11.8 Å². The minimum absolute atomic E-state index is 0.0484. The molecule has 0 aliphatic heterocycles. The highest BCUT2D eigenvalue weighted by Crippen LogP contribution is 2.17. The summed E-state index contributed by atoms with van der Waals surface area (Å²) in [5.74, 6) is -3.01. The average molecular weight is 314 g/mol. The van der Waals surface area contributed by atoms with Gasteiger partial charge in [-0.1, -0.05) is 20.8 Å². The minimum atomic E-state index is -0.872. The van der Waals surface area contributed by atoms with Gasteiger partial charge in [-0.05, 0) is 17.5 Å². The number of hydrogen-bond donors (Lipinski definition) is 3. The highest BCUT2D eigenvalue weighted by atomic mass is 19.1. The lowest BCUT2D eigenvalue weighted by Gasteiger charge is -2.25. The fraction of sp³-hybridized carbons (Fsp3) is 0.467. The molecule has 1 unspecified atom stereocenters. The van der Waals surface area contributed by atoms with E-state index < -0.39 is 29.6 Å². The van der Waals surface area contributed by atoms with Gasteiger partial charge in [-0.25, -0.2) is 8.78 Å². The van der Waals surface area contributed by atoms with E-state index in [4.69, 9.17) is 0 Å². The molecular formula is C15H20F2N2O3. The predicted octanol–water partition coefficient (Wildman–Crippen LogP) is 1.22. The van der Waals surface area contributed by atoms with Gasteiger partial charge in [0, 0.05) is 18.2 Å². The Kier molecular flexibility index (Phi) is 5.99. The molecule has 0 saturated carbocycles. The Labute approximate surface area is 127 Å². The molecule has 1 aromatic rings. The van der Waals surface area contributed by atoms with Crippen molar-refractivity contribution in [3.63, 3.8) is 0 Å². The van der Waals surface area contributed by atoms with E-state index >= 15 is 0 Å². The van der Waals surface area contributed by atoms with Crippen LogP contribution in [0.3, 0.4) is 0 Å². The molecule has 0 aromatic heterocycles. The van der Waals surface area contributed by atoms with Gasteiger partial charge in [-0.2, -0.15) is 0 Å². The SMILES string of the molecule is CC(C)(C)C(O)CNC(=O)CNC(=O)c1cc(F)cc(F)c1. The summed E-state index contributed by atoms with van der Waals surface area (Å²) < 4.78 is 26.0. The Morgan fingerprint density at radius 1 is 1.14 bits per heavy atom. The van der Waals surface area contributed by atoms with Crippen LogP contribution in [-0.2, 0) is 4.79 Å². The molecule has 22 heavy (non-hydrogen) atoms. The Bertz CT molecular complexity index is 536. The van der Waals surface area contributed by atoms with Crippen LogP contribution in [0.1, 0.15) is 31.1 Å². The Hall–Kier alpha value is -2.02. The molecule has 0 bridgehead atoms. The van der Waals surface area contributed by atoms with Crippen LogP contribution in [0.4, 0.5) is 8.78 Å². The number of hydrogen-bond acceptors (Lipinski definition) is 3. The average Bonchev–Trinajstić information content (AvgIpc) is 2.39. The highest BCUT2D eigenvalue weighted by Gasteiger charge is 2.22. The zero-order valence-corrected chi connectivity index (χ0v) is 12.7. The van der Waals surface area contributed by atoms with Crippen molar-refractivity contribution in [1.29, 1.82) is 0 Å². The van der Waals surface area contributed by atoms with Crippen LogP contribution >= 0.6 is 0 Å². The molecule has 0 heterocycles. The van der Waals surface area contributed by atoms with E-state index in [-0.39, 0.29) is 24.1 Å². The standard InChI is InChI=1S/C15H20F2N2O3/c1-15(2,3)12(20)7-18-13(21)8-19-14(22)9-4-10(16)6-11(17)5-9/h4-6,12,20H,7-8H2,1-3H3,(H,18,21)(H,19,22). The van der Waals surface area contributed by atoms with Crippen molar-refractivity contribution in [3.8, 4) is 0 Å². The van der Waals surface area contributed by atoms with Gasteiger partial charge in [0.2, 0.25) is 5.91 Å². The third kappa shape index (κ3) is 5.77. The van der Waals surface area contributed by atoms with Crippen LogP contribution < -0.4 is 10.6 Å². The quantitative estimate of drug-likeness (QED) is 0.764. The minimum Gasteiger partial charge on any atom is -0.391 e.